The van der Waals surface area contributed by atoms with Gasteiger partial charge in [0.25, 0.3) is 0 Å². The molecule has 0 N–H and O–H groups in total. The van der Waals surface area contributed by atoms with E-state index in [1.165, 1.54) is 28.8 Å². The molecule has 0 aliphatic heterocycles. The first-order valence-corrected chi connectivity index (χ1v) is 7.06. The molecule has 1 nitrogen and oxygen atoms in total. The zero-order chi connectivity index (χ0) is 13.0. The van der Waals surface area contributed by atoms with Crippen LogP contribution in [0.2, 0.25) is 0 Å². The van der Waals surface area contributed by atoms with E-state index in [1.54, 1.807) is 0 Å². The molecular weight excluding hydrogens is 218 g/mol. The molecular formula is C17H23N. The van der Waals surface area contributed by atoms with Crippen LogP contribution >= 0.6 is 0 Å². The number of hydrogen-bond donors (Lipinski definition) is 0. The third-order valence-electron chi connectivity index (χ3n) is 3.68. The standard InChI is InChI=1S/C17H23N/c1-4-15-11-17(18-12-16(15)5-2)10-14-8-6-13(3)7-9-14/h6,8-9,11-13H,4-5,7,10H2,1-3H3. The summed E-state index contributed by atoms with van der Waals surface area (Å²) in [5, 5.41) is 0. The SMILES string of the molecule is CCc1cnc(CC2=CCC(C)C=C2)cc1CC. The van der Waals surface area contributed by atoms with Crippen molar-refractivity contribution >= 4 is 0 Å². The highest BCUT2D eigenvalue weighted by atomic mass is 14.7. The summed E-state index contributed by atoms with van der Waals surface area (Å²) in [6.07, 6.45) is 13.3. The molecule has 0 saturated heterocycles. The molecule has 0 amide bonds. The third kappa shape index (κ3) is 3.10. The van der Waals surface area contributed by atoms with Crippen LogP contribution in [0.3, 0.4) is 0 Å². The Morgan fingerprint density at radius 3 is 2.61 bits per heavy atom. The molecule has 1 unspecified atom stereocenters. The van der Waals surface area contributed by atoms with Crippen molar-refractivity contribution in [3.63, 3.8) is 0 Å². The van der Waals surface area contributed by atoms with Crippen molar-refractivity contribution < 1.29 is 0 Å². The Balaban J connectivity index is 2.13. The fourth-order valence-electron chi connectivity index (χ4n) is 2.43. The number of hydrogen-bond acceptors (Lipinski definition) is 1. The van der Waals surface area contributed by atoms with Crippen LogP contribution in [0.5, 0.6) is 0 Å². The van der Waals surface area contributed by atoms with Gasteiger partial charge in [0, 0.05) is 18.3 Å². The summed E-state index contributed by atoms with van der Waals surface area (Å²) in [5.41, 5.74) is 5.46. The highest BCUT2D eigenvalue weighted by molar-refractivity contribution is 5.32. The first-order chi connectivity index (χ1) is 8.72. The molecule has 1 heteroatoms. The van der Waals surface area contributed by atoms with E-state index in [4.69, 9.17) is 0 Å². The molecule has 1 atom stereocenters. The smallest absolute Gasteiger partial charge is 0.0450 e. The molecule has 2 rings (SSSR count). The molecule has 1 aromatic heterocycles. The van der Waals surface area contributed by atoms with Crippen LogP contribution in [0.1, 0.15) is 44.0 Å². The zero-order valence-corrected chi connectivity index (χ0v) is 11.7. The molecule has 1 aromatic rings. The van der Waals surface area contributed by atoms with Gasteiger partial charge in [-0.1, -0.05) is 39.0 Å². The van der Waals surface area contributed by atoms with Gasteiger partial charge in [0.15, 0.2) is 0 Å². The molecule has 18 heavy (non-hydrogen) atoms. The maximum Gasteiger partial charge on any atom is 0.0450 e. The van der Waals surface area contributed by atoms with Crippen molar-refractivity contribution in [2.75, 3.05) is 0 Å². The summed E-state index contributed by atoms with van der Waals surface area (Å²) < 4.78 is 0. The van der Waals surface area contributed by atoms with Crippen LogP contribution in [-0.4, -0.2) is 4.98 Å². The van der Waals surface area contributed by atoms with Crippen molar-refractivity contribution in [3.05, 3.63) is 52.9 Å². The fraction of sp³-hybridized carbons (Fsp3) is 0.471. The molecule has 96 valence electrons. The Hall–Kier alpha value is -1.37. The highest BCUT2D eigenvalue weighted by Crippen LogP contribution is 2.19. The lowest BCUT2D eigenvalue weighted by molar-refractivity contribution is 0.727. The van der Waals surface area contributed by atoms with Gasteiger partial charge in [-0.3, -0.25) is 4.98 Å². The molecule has 0 spiro atoms. The average Bonchev–Trinajstić information content (AvgIpc) is 2.41. The van der Waals surface area contributed by atoms with Crippen LogP contribution in [0.25, 0.3) is 0 Å². The molecule has 0 bridgehead atoms. The van der Waals surface area contributed by atoms with Gasteiger partial charge in [0.05, 0.1) is 0 Å². The summed E-state index contributed by atoms with van der Waals surface area (Å²) in [5.74, 6) is 0.690. The van der Waals surface area contributed by atoms with E-state index >= 15 is 0 Å². The maximum atomic E-state index is 4.60. The van der Waals surface area contributed by atoms with Crippen LogP contribution in [0.15, 0.2) is 36.1 Å². The largest absolute Gasteiger partial charge is 0.261 e. The van der Waals surface area contributed by atoms with E-state index in [0.29, 0.717) is 5.92 Å². The number of aromatic nitrogens is 1. The summed E-state index contributed by atoms with van der Waals surface area (Å²) >= 11 is 0. The lowest BCUT2D eigenvalue weighted by Crippen LogP contribution is -2.01. The Morgan fingerprint density at radius 2 is 2.00 bits per heavy atom. The van der Waals surface area contributed by atoms with Crippen LogP contribution in [-0.2, 0) is 19.3 Å². The van der Waals surface area contributed by atoms with Gasteiger partial charge in [-0.05, 0) is 47.9 Å². The lowest BCUT2D eigenvalue weighted by atomic mass is 9.95. The van der Waals surface area contributed by atoms with E-state index in [1.807, 2.05) is 0 Å². The van der Waals surface area contributed by atoms with Gasteiger partial charge in [-0.2, -0.15) is 0 Å². The van der Waals surface area contributed by atoms with Crippen molar-refractivity contribution in [3.8, 4) is 0 Å². The molecule has 0 saturated carbocycles. The van der Waals surface area contributed by atoms with Crippen LogP contribution < -0.4 is 0 Å². The van der Waals surface area contributed by atoms with Gasteiger partial charge in [0.1, 0.15) is 0 Å². The van der Waals surface area contributed by atoms with Gasteiger partial charge >= 0.3 is 0 Å². The van der Waals surface area contributed by atoms with E-state index in [-0.39, 0.29) is 0 Å². The number of allylic oxidation sites excluding steroid dienone is 4. The van der Waals surface area contributed by atoms with E-state index < -0.39 is 0 Å². The maximum absolute atomic E-state index is 4.60. The first kappa shape index (κ1) is 13.1. The second-order valence-corrected chi connectivity index (χ2v) is 5.18. The van der Waals surface area contributed by atoms with Gasteiger partial charge in [0.2, 0.25) is 0 Å². The minimum absolute atomic E-state index is 0.690. The number of rotatable bonds is 4. The fourth-order valence-corrected chi connectivity index (χ4v) is 2.43. The Morgan fingerprint density at radius 1 is 1.22 bits per heavy atom. The van der Waals surface area contributed by atoms with Crippen LogP contribution in [0, 0.1) is 5.92 Å². The van der Waals surface area contributed by atoms with E-state index in [2.05, 4.69) is 56.2 Å². The summed E-state index contributed by atoms with van der Waals surface area (Å²) in [6.45, 7) is 6.68. The predicted molar refractivity (Wildman–Crippen MR) is 77.7 cm³/mol. The van der Waals surface area contributed by atoms with Crippen molar-refractivity contribution in [2.45, 2.75) is 46.5 Å². The normalized spacial score (nSPS) is 18.8. The van der Waals surface area contributed by atoms with E-state index in [9.17, 15) is 0 Å². The predicted octanol–water partition coefficient (Wildman–Crippen LogP) is 4.27. The molecule has 0 fully saturated rings. The number of nitrogens with zero attached hydrogens (tertiary/aromatic N) is 1. The minimum Gasteiger partial charge on any atom is -0.261 e. The van der Waals surface area contributed by atoms with Crippen molar-refractivity contribution in [1.29, 1.82) is 0 Å². The topological polar surface area (TPSA) is 12.9 Å². The quantitative estimate of drug-likeness (QED) is 0.767. The second-order valence-electron chi connectivity index (χ2n) is 5.18. The molecule has 0 radical (unpaired) electrons. The number of pyridine rings is 1. The number of aryl methyl sites for hydroxylation is 2. The minimum atomic E-state index is 0.690. The lowest BCUT2D eigenvalue weighted by Gasteiger charge is -2.13. The molecule has 1 heterocycles. The molecule has 1 aliphatic carbocycles. The summed E-state index contributed by atoms with van der Waals surface area (Å²) in [6, 6.07) is 2.28. The zero-order valence-electron chi connectivity index (χ0n) is 11.7. The van der Waals surface area contributed by atoms with E-state index in [0.717, 1.165) is 19.3 Å². The van der Waals surface area contributed by atoms with Gasteiger partial charge in [-0.25, -0.2) is 0 Å². The second kappa shape index (κ2) is 5.99. The third-order valence-corrected chi connectivity index (χ3v) is 3.68. The highest BCUT2D eigenvalue weighted by Gasteiger charge is 2.07. The van der Waals surface area contributed by atoms with Gasteiger partial charge in [-0.15, -0.1) is 0 Å². The Kier molecular flexibility index (Phi) is 4.35. The molecule has 0 aromatic carbocycles. The summed E-state index contributed by atoms with van der Waals surface area (Å²) in [4.78, 5) is 4.60. The Bertz CT molecular complexity index is 468. The summed E-state index contributed by atoms with van der Waals surface area (Å²) in [7, 11) is 0. The monoisotopic (exact) mass is 241 g/mol. The Labute approximate surface area is 111 Å². The van der Waals surface area contributed by atoms with Gasteiger partial charge < -0.3 is 0 Å². The van der Waals surface area contributed by atoms with Crippen molar-refractivity contribution in [1.82, 2.24) is 4.98 Å². The average molecular weight is 241 g/mol. The van der Waals surface area contributed by atoms with Crippen LogP contribution in [0.4, 0.5) is 0 Å². The van der Waals surface area contributed by atoms with Crippen molar-refractivity contribution in [2.24, 2.45) is 5.92 Å². The molecule has 1 aliphatic rings. The first-order valence-electron chi connectivity index (χ1n) is 7.06.